The molecule has 2 amide bonds. The molecule has 1 aromatic carbocycles. The molecule has 0 radical (unpaired) electrons. The van der Waals surface area contributed by atoms with Crippen LogP contribution in [0.3, 0.4) is 0 Å². The van der Waals surface area contributed by atoms with E-state index in [0.717, 1.165) is 0 Å². The zero-order valence-corrected chi connectivity index (χ0v) is 9.39. The Morgan fingerprint density at radius 3 is 2.39 bits per heavy atom. The highest BCUT2D eigenvalue weighted by atomic mass is 19.1. The topological polar surface area (TPSA) is 98.7 Å². The fraction of sp³-hybridized carbons (Fsp3) is 0.273. The molecule has 1 aromatic rings. The molecule has 6 nitrogen and oxygen atoms in total. The predicted molar refractivity (Wildman–Crippen MR) is 60.3 cm³/mol. The van der Waals surface area contributed by atoms with Gasteiger partial charge < -0.3 is 20.8 Å². The number of amides is 2. The summed E-state index contributed by atoms with van der Waals surface area (Å²) in [6, 6.07) is 4.95. The Kier molecular flexibility index (Phi) is 5.06. The summed E-state index contributed by atoms with van der Waals surface area (Å²) in [5.74, 6) is -1.78. The summed E-state index contributed by atoms with van der Waals surface area (Å²) in [6.45, 7) is -0.208. The lowest BCUT2D eigenvalue weighted by Crippen LogP contribution is -2.41. The summed E-state index contributed by atoms with van der Waals surface area (Å²) in [5.41, 5.74) is 0.699. The smallest absolute Gasteiger partial charge is 0.334 e. The third kappa shape index (κ3) is 4.79. The van der Waals surface area contributed by atoms with Gasteiger partial charge in [-0.2, -0.15) is 0 Å². The molecule has 0 fully saturated rings. The molecule has 1 atom stereocenters. The highest BCUT2D eigenvalue weighted by molar-refractivity contribution is 5.76. The van der Waals surface area contributed by atoms with Crippen molar-refractivity contribution in [2.24, 2.45) is 0 Å². The Hall–Kier alpha value is -2.15. The maximum absolute atomic E-state index is 12.6. The van der Waals surface area contributed by atoms with Crippen LogP contribution in [0.2, 0.25) is 0 Å². The molecule has 0 aliphatic rings. The van der Waals surface area contributed by atoms with Crippen molar-refractivity contribution < 1.29 is 24.2 Å². The van der Waals surface area contributed by atoms with Crippen LogP contribution in [0.15, 0.2) is 24.3 Å². The van der Waals surface area contributed by atoms with Gasteiger partial charge in [-0.1, -0.05) is 12.1 Å². The normalized spacial score (nSPS) is 11.7. The van der Waals surface area contributed by atoms with Crippen molar-refractivity contribution in [3.05, 3.63) is 35.6 Å². The summed E-state index contributed by atoms with van der Waals surface area (Å²) in [7, 11) is 0. The van der Waals surface area contributed by atoms with Gasteiger partial charge in [-0.25, -0.2) is 14.0 Å². The van der Waals surface area contributed by atoms with Gasteiger partial charge in [0.15, 0.2) is 6.10 Å². The lowest BCUT2D eigenvalue weighted by Gasteiger charge is -2.09. The van der Waals surface area contributed by atoms with E-state index in [-0.39, 0.29) is 18.9 Å². The first-order chi connectivity index (χ1) is 8.49. The Morgan fingerprint density at radius 2 is 1.83 bits per heavy atom. The van der Waals surface area contributed by atoms with E-state index in [0.29, 0.717) is 5.56 Å². The fourth-order valence-corrected chi connectivity index (χ4v) is 1.12. The number of hydrogen-bond acceptors (Lipinski definition) is 3. The average molecular weight is 256 g/mol. The van der Waals surface area contributed by atoms with Crippen molar-refractivity contribution in [1.82, 2.24) is 10.6 Å². The number of benzene rings is 1. The summed E-state index contributed by atoms with van der Waals surface area (Å²) >= 11 is 0. The van der Waals surface area contributed by atoms with Gasteiger partial charge >= 0.3 is 12.0 Å². The van der Waals surface area contributed by atoms with Gasteiger partial charge in [0.1, 0.15) is 5.82 Å². The van der Waals surface area contributed by atoms with E-state index < -0.39 is 18.1 Å². The van der Waals surface area contributed by atoms with Crippen molar-refractivity contribution in [2.75, 3.05) is 6.54 Å². The van der Waals surface area contributed by atoms with Crippen LogP contribution in [-0.4, -0.2) is 34.9 Å². The SMILES string of the molecule is O=C(NCc1ccc(F)cc1)NC[C@H](O)C(=O)O. The van der Waals surface area contributed by atoms with Crippen LogP contribution in [0.1, 0.15) is 5.56 Å². The second-order valence-electron chi connectivity index (χ2n) is 3.54. The van der Waals surface area contributed by atoms with Crippen LogP contribution in [0.5, 0.6) is 0 Å². The zero-order valence-electron chi connectivity index (χ0n) is 9.39. The molecular formula is C11H13FN2O4. The van der Waals surface area contributed by atoms with E-state index in [4.69, 9.17) is 10.2 Å². The van der Waals surface area contributed by atoms with Gasteiger partial charge in [0.05, 0.1) is 6.54 Å². The van der Waals surface area contributed by atoms with Gasteiger partial charge in [-0.15, -0.1) is 0 Å². The van der Waals surface area contributed by atoms with Gasteiger partial charge in [0.25, 0.3) is 0 Å². The molecule has 0 aliphatic carbocycles. The van der Waals surface area contributed by atoms with Crippen molar-refractivity contribution in [1.29, 1.82) is 0 Å². The summed E-state index contributed by atoms with van der Waals surface area (Å²) in [6.07, 6.45) is -1.64. The molecule has 0 saturated heterocycles. The molecule has 1 rings (SSSR count). The molecule has 0 heterocycles. The van der Waals surface area contributed by atoms with E-state index in [1.54, 1.807) is 0 Å². The Balaban J connectivity index is 2.29. The number of rotatable bonds is 5. The van der Waals surface area contributed by atoms with Crippen LogP contribution in [0, 0.1) is 5.82 Å². The second kappa shape index (κ2) is 6.55. The molecule has 98 valence electrons. The number of carbonyl (C=O) groups is 2. The van der Waals surface area contributed by atoms with E-state index in [2.05, 4.69) is 10.6 Å². The Morgan fingerprint density at radius 1 is 1.22 bits per heavy atom. The van der Waals surface area contributed by atoms with Gasteiger partial charge in [0.2, 0.25) is 0 Å². The third-order valence-corrected chi connectivity index (χ3v) is 2.11. The number of aliphatic hydroxyl groups excluding tert-OH is 1. The van der Waals surface area contributed by atoms with Gasteiger partial charge in [-0.05, 0) is 17.7 Å². The molecular weight excluding hydrogens is 243 g/mol. The minimum absolute atomic E-state index is 0.176. The number of carbonyl (C=O) groups excluding carboxylic acids is 1. The number of aliphatic carboxylic acids is 1. The summed E-state index contributed by atoms with van der Waals surface area (Å²) in [4.78, 5) is 21.5. The molecule has 0 aliphatic heterocycles. The van der Waals surface area contributed by atoms with Crippen LogP contribution in [0.4, 0.5) is 9.18 Å². The number of nitrogens with one attached hydrogen (secondary N) is 2. The first-order valence-electron chi connectivity index (χ1n) is 5.16. The van der Waals surface area contributed by atoms with Gasteiger partial charge in [-0.3, -0.25) is 0 Å². The second-order valence-corrected chi connectivity index (χ2v) is 3.54. The van der Waals surface area contributed by atoms with Crippen molar-refractivity contribution in [2.45, 2.75) is 12.6 Å². The van der Waals surface area contributed by atoms with E-state index in [1.165, 1.54) is 24.3 Å². The average Bonchev–Trinajstić information content (AvgIpc) is 2.35. The standard InChI is InChI=1S/C11H13FN2O4/c12-8-3-1-7(2-4-8)5-13-11(18)14-6-9(15)10(16)17/h1-4,9,15H,5-6H2,(H,16,17)(H2,13,14,18)/t9-/m0/s1. The number of hydrogen-bond donors (Lipinski definition) is 4. The predicted octanol–water partition coefficient (Wildman–Crippen LogP) is 0.0704. The van der Waals surface area contributed by atoms with E-state index in [9.17, 15) is 14.0 Å². The Labute approximate surface area is 102 Å². The minimum atomic E-state index is -1.64. The lowest BCUT2D eigenvalue weighted by molar-refractivity contribution is -0.146. The molecule has 0 spiro atoms. The van der Waals surface area contributed by atoms with Crippen LogP contribution in [0.25, 0.3) is 0 Å². The number of carboxylic acids is 1. The monoisotopic (exact) mass is 256 g/mol. The van der Waals surface area contributed by atoms with Crippen molar-refractivity contribution >= 4 is 12.0 Å². The fourth-order valence-electron chi connectivity index (χ4n) is 1.12. The number of urea groups is 1. The van der Waals surface area contributed by atoms with Crippen LogP contribution in [-0.2, 0) is 11.3 Å². The molecule has 0 aromatic heterocycles. The van der Waals surface area contributed by atoms with Crippen molar-refractivity contribution in [3.63, 3.8) is 0 Å². The molecule has 0 bridgehead atoms. The first-order valence-corrected chi connectivity index (χ1v) is 5.16. The maximum Gasteiger partial charge on any atom is 0.334 e. The zero-order chi connectivity index (χ0) is 13.5. The van der Waals surface area contributed by atoms with Crippen LogP contribution < -0.4 is 10.6 Å². The van der Waals surface area contributed by atoms with Crippen LogP contribution >= 0.6 is 0 Å². The molecule has 7 heteroatoms. The Bertz CT molecular complexity index is 422. The molecule has 18 heavy (non-hydrogen) atoms. The number of halogens is 1. The third-order valence-electron chi connectivity index (χ3n) is 2.11. The van der Waals surface area contributed by atoms with E-state index in [1.807, 2.05) is 0 Å². The number of carboxylic acid groups (broad SMARTS) is 1. The highest BCUT2D eigenvalue weighted by Gasteiger charge is 2.13. The van der Waals surface area contributed by atoms with E-state index >= 15 is 0 Å². The van der Waals surface area contributed by atoms with Gasteiger partial charge in [0, 0.05) is 6.54 Å². The largest absolute Gasteiger partial charge is 0.479 e. The first kappa shape index (κ1) is 13.9. The number of aliphatic hydroxyl groups is 1. The maximum atomic E-state index is 12.6. The van der Waals surface area contributed by atoms with Crippen molar-refractivity contribution in [3.8, 4) is 0 Å². The molecule has 4 N–H and O–H groups in total. The quantitative estimate of drug-likeness (QED) is 0.599. The lowest BCUT2D eigenvalue weighted by atomic mass is 10.2. The minimum Gasteiger partial charge on any atom is -0.479 e. The molecule has 0 unspecified atom stereocenters. The summed E-state index contributed by atoms with van der Waals surface area (Å²) in [5, 5.41) is 21.9. The summed E-state index contributed by atoms with van der Waals surface area (Å²) < 4.78 is 12.6. The highest BCUT2D eigenvalue weighted by Crippen LogP contribution is 2.01. The molecule has 0 saturated carbocycles.